The van der Waals surface area contributed by atoms with Crippen molar-refractivity contribution < 1.29 is 0 Å². The third-order valence-electron chi connectivity index (χ3n) is 4.51. The van der Waals surface area contributed by atoms with E-state index in [2.05, 4.69) is 62.6 Å². The normalized spacial score (nSPS) is 17.5. The maximum atomic E-state index is 3.42. The lowest BCUT2D eigenvalue weighted by Gasteiger charge is -2.14. The Labute approximate surface area is 115 Å². The van der Waals surface area contributed by atoms with Gasteiger partial charge in [-0.2, -0.15) is 0 Å². The Hall–Kier alpha value is -1.60. The molecule has 1 heteroatoms. The molecule has 1 aliphatic carbocycles. The van der Waals surface area contributed by atoms with Gasteiger partial charge in [-0.15, -0.1) is 0 Å². The summed E-state index contributed by atoms with van der Waals surface area (Å²) in [6.45, 7) is 4.42. The summed E-state index contributed by atoms with van der Waals surface area (Å²) in [6, 6.07) is 13.9. The fourth-order valence-corrected chi connectivity index (χ4v) is 3.25. The van der Waals surface area contributed by atoms with Crippen molar-refractivity contribution in [3.05, 3.63) is 58.7 Å². The van der Waals surface area contributed by atoms with Gasteiger partial charge >= 0.3 is 0 Å². The van der Waals surface area contributed by atoms with Crippen molar-refractivity contribution in [3.8, 4) is 11.1 Å². The molecule has 0 aromatic heterocycles. The second-order valence-electron chi connectivity index (χ2n) is 5.50. The van der Waals surface area contributed by atoms with Gasteiger partial charge in [-0.3, -0.25) is 0 Å². The highest BCUT2D eigenvalue weighted by Gasteiger charge is 2.23. The standard InChI is InChI=1S/C18H21N/c1-12-6-4-7-14(13(12)2)15-8-5-9-17-16(15)10-11-18(17)19-3/h4-9,18-19H,10-11H2,1-3H3. The first-order chi connectivity index (χ1) is 9.22. The number of fused-ring (bicyclic) bond motifs is 1. The van der Waals surface area contributed by atoms with Crippen LogP contribution in [0, 0.1) is 13.8 Å². The molecule has 2 aromatic rings. The van der Waals surface area contributed by atoms with Crippen LogP contribution in [0.4, 0.5) is 0 Å². The van der Waals surface area contributed by atoms with Crippen LogP contribution in [-0.2, 0) is 6.42 Å². The first kappa shape index (κ1) is 12.4. The zero-order valence-electron chi connectivity index (χ0n) is 12.0. The fourth-order valence-electron chi connectivity index (χ4n) is 3.25. The largest absolute Gasteiger partial charge is 0.313 e. The third-order valence-corrected chi connectivity index (χ3v) is 4.51. The molecule has 0 saturated carbocycles. The van der Waals surface area contributed by atoms with Crippen molar-refractivity contribution in [3.63, 3.8) is 0 Å². The molecule has 19 heavy (non-hydrogen) atoms. The number of aryl methyl sites for hydroxylation is 1. The lowest BCUT2D eigenvalue weighted by molar-refractivity contribution is 0.590. The minimum Gasteiger partial charge on any atom is -0.313 e. The van der Waals surface area contributed by atoms with Gasteiger partial charge in [-0.25, -0.2) is 0 Å². The molecule has 0 spiro atoms. The minimum absolute atomic E-state index is 0.528. The highest BCUT2D eigenvalue weighted by atomic mass is 14.9. The highest BCUT2D eigenvalue weighted by molar-refractivity contribution is 5.73. The summed E-state index contributed by atoms with van der Waals surface area (Å²) in [7, 11) is 2.06. The minimum atomic E-state index is 0.528. The van der Waals surface area contributed by atoms with Crippen LogP contribution in [-0.4, -0.2) is 7.05 Å². The first-order valence-corrected chi connectivity index (χ1v) is 7.08. The van der Waals surface area contributed by atoms with Crippen molar-refractivity contribution in [1.29, 1.82) is 0 Å². The maximum Gasteiger partial charge on any atom is 0.0323 e. The Morgan fingerprint density at radius 2 is 1.74 bits per heavy atom. The number of hydrogen-bond acceptors (Lipinski definition) is 1. The third kappa shape index (κ3) is 1.98. The van der Waals surface area contributed by atoms with E-state index in [9.17, 15) is 0 Å². The number of rotatable bonds is 2. The molecule has 1 aliphatic rings. The molecule has 0 bridgehead atoms. The van der Waals surface area contributed by atoms with Gasteiger partial charge in [0.25, 0.3) is 0 Å². The summed E-state index contributed by atoms with van der Waals surface area (Å²) < 4.78 is 0. The van der Waals surface area contributed by atoms with Crippen LogP contribution in [0.15, 0.2) is 36.4 Å². The van der Waals surface area contributed by atoms with Crippen LogP contribution in [0.5, 0.6) is 0 Å². The molecule has 1 unspecified atom stereocenters. The zero-order valence-corrected chi connectivity index (χ0v) is 12.0. The van der Waals surface area contributed by atoms with Gasteiger partial charge in [0, 0.05) is 6.04 Å². The molecule has 3 rings (SSSR count). The van der Waals surface area contributed by atoms with Gasteiger partial charge in [0.15, 0.2) is 0 Å². The van der Waals surface area contributed by atoms with E-state index in [-0.39, 0.29) is 0 Å². The smallest absolute Gasteiger partial charge is 0.0323 e. The Morgan fingerprint density at radius 1 is 1.00 bits per heavy atom. The topological polar surface area (TPSA) is 12.0 Å². The first-order valence-electron chi connectivity index (χ1n) is 7.08. The molecule has 2 aromatic carbocycles. The molecule has 0 aliphatic heterocycles. The van der Waals surface area contributed by atoms with Crippen LogP contribution < -0.4 is 5.32 Å². The van der Waals surface area contributed by atoms with E-state index < -0.39 is 0 Å². The summed E-state index contributed by atoms with van der Waals surface area (Å²) in [5.41, 5.74) is 8.63. The summed E-state index contributed by atoms with van der Waals surface area (Å²) in [6.07, 6.45) is 2.40. The van der Waals surface area contributed by atoms with E-state index in [1.807, 2.05) is 0 Å². The molecule has 1 nitrogen and oxygen atoms in total. The molecule has 1 N–H and O–H groups in total. The second-order valence-corrected chi connectivity index (χ2v) is 5.50. The van der Waals surface area contributed by atoms with Gasteiger partial charge in [0.1, 0.15) is 0 Å². The summed E-state index contributed by atoms with van der Waals surface area (Å²) in [5.74, 6) is 0. The fraction of sp³-hybridized carbons (Fsp3) is 0.333. The number of benzene rings is 2. The maximum absolute atomic E-state index is 3.42. The molecule has 0 radical (unpaired) electrons. The van der Waals surface area contributed by atoms with Crippen LogP contribution in [0.1, 0.15) is 34.7 Å². The van der Waals surface area contributed by atoms with Crippen LogP contribution in [0.3, 0.4) is 0 Å². The SMILES string of the molecule is CNC1CCc2c(-c3cccc(C)c3C)cccc21. The van der Waals surface area contributed by atoms with Crippen molar-refractivity contribution in [2.24, 2.45) is 0 Å². The molecule has 98 valence electrons. The van der Waals surface area contributed by atoms with Gasteiger partial charge in [-0.1, -0.05) is 36.4 Å². The van der Waals surface area contributed by atoms with Crippen molar-refractivity contribution in [1.82, 2.24) is 5.32 Å². The molecular weight excluding hydrogens is 230 g/mol. The van der Waals surface area contributed by atoms with Gasteiger partial charge in [-0.05, 0) is 67.1 Å². The van der Waals surface area contributed by atoms with Crippen LogP contribution >= 0.6 is 0 Å². The Morgan fingerprint density at radius 3 is 2.53 bits per heavy atom. The summed E-state index contributed by atoms with van der Waals surface area (Å²) in [4.78, 5) is 0. The Balaban J connectivity index is 2.17. The highest BCUT2D eigenvalue weighted by Crippen LogP contribution is 2.38. The Bertz CT molecular complexity index is 613. The Kier molecular flexibility index (Phi) is 3.16. The van der Waals surface area contributed by atoms with E-state index in [1.54, 1.807) is 0 Å². The molecule has 0 amide bonds. The molecule has 0 saturated heterocycles. The van der Waals surface area contributed by atoms with E-state index in [0.29, 0.717) is 6.04 Å². The monoisotopic (exact) mass is 251 g/mol. The molecule has 1 atom stereocenters. The average Bonchev–Trinajstić information content (AvgIpc) is 2.85. The average molecular weight is 251 g/mol. The number of hydrogen-bond donors (Lipinski definition) is 1. The van der Waals surface area contributed by atoms with Crippen molar-refractivity contribution in [2.45, 2.75) is 32.7 Å². The van der Waals surface area contributed by atoms with Gasteiger partial charge in [0.2, 0.25) is 0 Å². The van der Waals surface area contributed by atoms with E-state index in [4.69, 9.17) is 0 Å². The van der Waals surface area contributed by atoms with Gasteiger partial charge in [0.05, 0.1) is 0 Å². The van der Waals surface area contributed by atoms with Crippen LogP contribution in [0.2, 0.25) is 0 Å². The molecular formula is C18H21N. The van der Waals surface area contributed by atoms with Crippen molar-refractivity contribution in [2.75, 3.05) is 7.05 Å². The van der Waals surface area contributed by atoms with Gasteiger partial charge < -0.3 is 5.32 Å². The quantitative estimate of drug-likeness (QED) is 0.844. The van der Waals surface area contributed by atoms with E-state index in [0.717, 1.165) is 0 Å². The molecule has 0 fully saturated rings. The molecule has 0 heterocycles. The van der Waals surface area contributed by atoms with E-state index in [1.165, 1.54) is 46.2 Å². The van der Waals surface area contributed by atoms with Crippen molar-refractivity contribution >= 4 is 0 Å². The predicted molar refractivity (Wildman–Crippen MR) is 81.5 cm³/mol. The lowest BCUT2D eigenvalue weighted by Crippen LogP contribution is -2.12. The zero-order chi connectivity index (χ0) is 13.4. The lowest BCUT2D eigenvalue weighted by atomic mass is 9.92. The summed E-state index contributed by atoms with van der Waals surface area (Å²) in [5, 5.41) is 3.42. The van der Waals surface area contributed by atoms with E-state index >= 15 is 0 Å². The summed E-state index contributed by atoms with van der Waals surface area (Å²) >= 11 is 0. The number of nitrogens with one attached hydrogen (secondary N) is 1. The van der Waals surface area contributed by atoms with Crippen LogP contribution in [0.25, 0.3) is 11.1 Å². The predicted octanol–water partition coefficient (Wildman–Crippen LogP) is 4.18. The second kappa shape index (κ2) is 4.82.